The minimum Gasteiger partial charge on any atom is -0.385 e. The van der Waals surface area contributed by atoms with Crippen LogP contribution in [0.15, 0.2) is 24.4 Å². The second-order valence-corrected chi connectivity index (χ2v) is 10.2. The molecule has 142 valence electrons. The molecule has 1 saturated heterocycles. The number of aromatic nitrogens is 2. The van der Waals surface area contributed by atoms with Crippen molar-refractivity contribution >= 4 is 17.3 Å². The molecule has 3 rings (SSSR count). The first-order valence-corrected chi connectivity index (χ1v) is 9.97. The highest BCUT2D eigenvalue weighted by molar-refractivity contribution is 7.15. The zero-order valence-electron chi connectivity index (χ0n) is 16.6. The molecule has 3 N–H and O–H groups in total. The molecule has 6 heteroatoms. The second kappa shape index (κ2) is 6.59. The maximum Gasteiger partial charge on any atom is 0.223 e. The highest BCUT2D eigenvalue weighted by atomic mass is 32.1. The summed E-state index contributed by atoms with van der Waals surface area (Å²) >= 11 is 1.57. The van der Waals surface area contributed by atoms with Crippen LogP contribution in [0.1, 0.15) is 59.3 Å². The highest BCUT2D eigenvalue weighted by Gasteiger charge is 2.37. The average Bonchev–Trinajstić information content (AvgIpc) is 2.93. The van der Waals surface area contributed by atoms with Crippen LogP contribution in [-0.4, -0.2) is 32.2 Å². The standard InChI is InChI=1S/C20H30N4OS/c1-18(2)11-13(12-19(3,4)24-18)22-17-21-10-9-14(23-17)15-7-8-16(26-15)20(5,6)25/h7-10,13,24-25H,11-12H2,1-6H3,(H,21,22,23). The van der Waals surface area contributed by atoms with Crippen molar-refractivity contribution in [3.63, 3.8) is 0 Å². The second-order valence-electron chi connectivity index (χ2n) is 9.13. The third-order valence-electron chi connectivity index (χ3n) is 4.64. The number of thiophene rings is 1. The number of nitrogens with zero attached hydrogens (tertiary/aromatic N) is 2. The van der Waals surface area contributed by atoms with Gasteiger partial charge in [-0.3, -0.25) is 0 Å². The van der Waals surface area contributed by atoms with Gasteiger partial charge in [-0.05, 0) is 72.6 Å². The molecule has 1 aliphatic rings. The zero-order valence-corrected chi connectivity index (χ0v) is 17.4. The van der Waals surface area contributed by atoms with Crippen molar-refractivity contribution in [2.45, 2.75) is 77.1 Å². The Labute approximate surface area is 160 Å². The van der Waals surface area contributed by atoms with Gasteiger partial charge < -0.3 is 15.7 Å². The van der Waals surface area contributed by atoms with Crippen LogP contribution in [0, 0.1) is 0 Å². The molecule has 3 heterocycles. The van der Waals surface area contributed by atoms with Gasteiger partial charge in [0, 0.05) is 28.2 Å². The summed E-state index contributed by atoms with van der Waals surface area (Å²) in [6.07, 6.45) is 3.84. The summed E-state index contributed by atoms with van der Waals surface area (Å²) in [5.41, 5.74) is 0.206. The fourth-order valence-electron chi connectivity index (χ4n) is 3.98. The van der Waals surface area contributed by atoms with Gasteiger partial charge in [0.05, 0.1) is 16.2 Å². The number of piperidine rings is 1. The maximum atomic E-state index is 10.2. The van der Waals surface area contributed by atoms with Crippen LogP contribution in [0.25, 0.3) is 10.6 Å². The van der Waals surface area contributed by atoms with Gasteiger partial charge in [0.15, 0.2) is 0 Å². The fraction of sp³-hybridized carbons (Fsp3) is 0.600. The molecule has 0 unspecified atom stereocenters. The van der Waals surface area contributed by atoms with E-state index >= 15 is 0 Å². The number of aliphatic hydroxyl groups is 1. The number of hydrogen-bond donors (Lipinski definition) is 3. The lowest BCUT2D eigenvalue weighted by Crippen LogP contribution is -2.60. The van der Waals surface area contributed by atoms with Crippen molar-refractivity contribution in [1.29, 1.82) is 0 Å². The van der Waals surface area contributed by atoms with Crippen LogP contribution in [0.5, 0.6) is 0 Å². The van der Waals surface area contributed by atoms with Gasteiger partial charge in [0.2, 0.25) is 5.95 Å². The van der Waals surface area contributed by atoms with E-state index in [4.69, 9.17) is 4.98 Å². The van der Waals surface area contributed by atoms with Crippen molar-refractivity contribution in [3.8, 4) is 10.6 Å². The van der Waals surface area contributed by atoms with E-state index in [1.54, 1.807) is 31.4 Å². The van der Waals surface area contributed by atoms with E-state index in [1.807, 2.05) is 18.2 Å². The Morgan fingerprint density at radius 1 is 1.15 bits per heavy atom. The van der Waals surface area contributed by atoms with Crippen LogP contribution >= 0.6 is 11.3 Å². The Kier molecular flexibility index (Phi) is 4.88. The van der Waals surface area contributed by atoms with Crippen LogP contribution in [0.3, 0.4) is 0 Å². The topological polar surface area (TPSA) is 70.1 Å². The molecule has 0 saturated carbocycles. The Hall–Kier alpha value is -1.50. The number of nitrogens with one attached hydrogen (secondary N) is 2. The van der Waals surface area contributed by atoms with Crippen LogP contribution < -0.4 is 10.6 Å². The van der Waals surface area contributed by atoms with Crippen molar-refractivity contribution in [3.05, 3.63) is 29.3 Å². The van der Waals surface area contributed by atoms with Gasteiger partial charge in [-0.1, -0.05) is 0 Å². The Morgan fingerprint density at radius 2 is 1.81 bits per heavy atom. The van der Waals surface area contributed by atoms with Crippen molar-refractivity contribution in [2.24, 2.45) is 0 Å². The normalized spacial score (nSPS) is 20.1. The summed E-state index contributed by atoms with van der Waals surface area (Å²) in [7, 11) is 0. The van der Waals surface area contributed by atoms with Gasteiger partial charge >= 0.3 is 0 Å². The van der Waals surface area contributed by atoms with Gasteiger partial charge in [-0.15, -0.1) is 11.3 Å². The summed E-state index contributed by atoms with van der Waals surface area (Å²) in [5, 5.41) is 17.4. The van der Waals surface area contributed by atoms with E-state index in [-0.39, 0.29) is 11.1 Å². The molecule has 2 aromatic heterocycles. The quantitative estimate of drug-likeness (QED) is 0.750. The summed E-state index contributed by atoms with van der Waals surface area (Å²) in [6, 6.07) is 6.22. The van der Waals surface area contributed by atoms with E-state index in [1.165, 1.54) is 0 Å². The first-order valence-electron chi connectivity index (χ1n) is 9.16. The third kappa shape index (κ3) is 4.61. The molecule has 0 aliphatic carbocycles. The SMILES string of the molecule is CC1(C)CC(Nc2nccc(-c3ccc(C(C)(C)O)s3)n2)CC(C)(C)N1. The van der Waals surface area contributed by atoms with E-state index in [0.29, 0.717) is 12.0 Å². The molecule has 0 bridgehead atoms. The molecule has 0 atom stereocenters. The van der Waals surface area contributed by atoms with Gasteiger partial charge in [-0.2, -0.15) is 0 Å². The predicted octanol–water partition coefficient (Wildman–Crippen LogP) is 4.15. The molecule has 1 fully saturated rings. The molecule has 26 heavy (non-hydrogen) atoms. The lowest BCUT2D eigenvalue weighted by Gasteiger charge is -2.46. The van der Waals surface area contributed by atoms with E-state index in [2.05, 4.69) is 43.3 Å². The first-order chi connectivity index (χ1) is 11.9. The van der Waals surface area contributed by atoms with Crippen LogP contribution in [0.2, 0.25) is 0 Å². The summed E-state index contributed by atoms with van der Waals surface area (Å²) in [6.45, 7) is 12.6. The number of rotatable bonds is 4. The number of anilines is 1. The monoisotopic (exact) mass is 374 g/mol. The lowest BCUT2D eigenvalue weighted by atomic mass is 9.80. The highest BCUT2D eigenvalue weighted by Crippen LogP contribution is 2.34. The molecule has 0 spiro atoms. The lowest BCUT2D eigenvalue weighted by molar-refractivity contribution is 0.0825. The molecule has 0 aromatic carbocycles. The Balaban J connectivity index is 1.79. The Morgan fingerprint density at radius 3 is 2.38 bits per heavy atom. The first kappa shape index (κ1) is 19.3. The minimum atomic E-state index is -0.830. The van der Waals surface area contributed by atoms with Crippen molar-refractivity contribution < 1.29 is 5.11 Å². The molecule has 5 nitrogen and oxygen atoms in total. The molecule has 0 amide bonds. The maximum absolute atomic E-state index is 10.2. The van der Waals surface area contributed by atoms with Crippen molar-refractivity contribution in [2.75, 3.05) is 5.32 Å². The Bertz CT molecular complexity index is 760. The summed E-state index contributed by atoms with van der Waals surface area (Å²) in [5.74, 6) is 0.666. The summed E-state index contributed by atoms with van der Waals surface area (Å²) < 4.78 is 0. The predicted molar refractivity (Wildman–Crippen MR) is 109 cm³/mol. The van der Waals surface area contributed by atoms with E-state index in [0.717, 1.165) is 28.3 Å². The van der Waals surface area contributed by atoms with E-state index in [9.17, 15) is 5.11 Å². The van der Waals surface area contributed by atoms with Crippen LogP contribution in [0.4, 0.5) is 5.95 Å². The largest absolute Gasteiger partial charge is 0.385 e. The molecule has 0 radical (unpaired) electrons. The zero-order chi connectivity index (χ0) is 19.2. The summed E-state index contributed by atoms with van der Waals surface area (Å²) in [4.78, 5) is 11.1. The molecular weight excluding hydrogens is 344 g/mol. The fourth-order valence-corrected chi connectivity index (χ4v) is 4.95. The molecule has 2 aromatic rings. The van der Waals surface area contributed by atoms with Gasteiger partial charge in [-0.25, -0.2) is 9.97 Å². The van der Waals surface area contributed by atoms with E-state index < -0.39 is 5.60 Å². The van der Waals surface area contributed by atoms with Gasteiger partial charge in [0.1, 0.15) is 0 Å². The average molecular weight is 375 g/mol. The van der Waals surface area contributed by atoms with Gasteiger partial charge in [0.25, 0.3) is 0 Å². The minimum absolute atomic E-state index is 0.0758. The van der Waals surface area contributed by atoms with Crippen molar-refractivity contribution in [1.82, 2.24) is 15.3 Å². The number of hydrogen-bond acceptors (Lipinski definition) is 6. The molecular formula is C20H30N4OS. The third-order valence-corrected chi connectivity index (χ3v) is 6.06. The smallest absolute Gasteiger partial charge is 0.223 e. The van der Waals surface area contributed by atoms with Crippen LogP contribution in [-0.2, 0) is 5.60 Å². The molecule has 1 aliphatic heterocycles.